The number of hydrogen-bond donors (Lipinski definition) is 2. The molecule has 1 unspecified atom stereocenters. The van der Waals surface area contributed by atoms with Gasteiger partial charge in [-0.15, -0.1) is 11.8 Å². The molecular weight excluding hydrogens is 500 g/mol. The number of benzene rings is 3. The molecule has 11 heteroatoms. The van der Waals surface area contributed by atoms with E-state index in [2.05, 4.69) is 5.32 Å². The number of anilines is 2. The number of carbonyl (C=O) groups is 2. The second-order valence-corrected chi connectivity index (χ2v) is 8.64. The van der Waals surface area contributed by atoms with E-state index in [4.69, 9.17) is 9.47 Å². The monoisotopic (exact) mass is 522 g/mol. The molecule has 2 amide bonds. The standard InChI is InChI=1S/C25H22F4N2O4S/c1-4-19(24(32)31-23-21(28)15(26)12-16(27)22(23)29)36-14-8-5-7-13(11-14)30-25(33)20-17(34-2)9-6-10-18(20)35-3/h5-12,19H,4H2,1-3H3,(H,30,33)(H,31,32). The summed E-state index contributed by atoms with van der Waals surface area (Å²) in [6.07, 6.45) is 0.229. The number of thioether (sulfide) groups is 1. The molecule has 0 saturated carbocycles. The van der Waals surface area contributed by atoms with Gasteiger partial charge in [0.05, 0.1) is 19.5 Å². The first-order valence-corrected chi connectivity index (χ1v) is 11.5. The van der Waals surface area contributed by atoms with Crippen LogP contribution in [-0.2, 0) is 4.79 Å². The van der Waals surface area contributed by atoms with Crippen LogP contribution >= 0.6 is 11.8 Å². The number of halogens is 4. The molecule has 0 saturated heterocycles. The third kappa shape index (κ3) is 5.91. The summed E-state index contributed by atoms with van der Waals surface area (Å²) in [5.74, 6) is -7.35. The van der Waals surface area contributed by atoms with Crippen LogP contribution in [0.1, 0.15) is 23.7 Å². The summed E-state index contributed by atoms with van der Waals surface area (Å²) in [5, 5.41) is 3.81. The minimum absolute atomic E-state index is 0.0623. The topological polar surface area (TPSA) is 76.7 Å². The zero-order valence-corrected chi connectivity index (χ0v) is 20.3. The first-order valence-electron chi connectivity index (χ1n) is 10.6. The number of carbonyl (C=O) groups excluding carboxylic acids is 2. The van der Waals surface area contributed by atoms with Gasteiger partial charge in [-0.2, -0.15) is 0 Å². The first kappa shape index (κ1) is 26.9. The van der Waals surface area contributed by atoms with Crippen molar-refractivity contribution in [3.8, 4) is 11.5 Å². The molecule has 0 aliphatic carbocycles. The van der Waals surface area contributed by atoms with Gasteiger partial charge in [0.1, 0.15) is 22.7 Å². The predicted molar refractivity (Wildman–Crippen MR) is 129 cm³/mol. The molecule has 3 aromatic carbocycles. The van der Waals surface area contributed by atoms with E-state index in [1.54, 1.807) is 49.4 Å². The zero-order chi connectivity index (χ0) is 26.4. The number of nitrogens with one attached hydrogen (secondary N) is 2. The van der Waals surface area contributed by atoms with Gasteiger partial charge in [-0.05, 0) is 36.8 Å². The van der Waals surface area contributed by atoms with Crippen LogP contribution in [0.4, 0.5) is 28.9 Å². The van der Waals surface area contributed by atoms with Crippen LogP contribution in [-0.4, -0.2) is 31.3 Å². The average molecular weight is 523 g/mol. The summed E-state index contributed by atoms with van der Waals surface area (Å²) >= 11 is 1.04. The van der Waals surface area contributed by atoms with Crippen LogP contribution in [0.3, 0.4) is 0 Å². The van der Waals surface area contributed by atoms with Gasteiger partial charge >= 0.3 is 0 Å². The minimum atomic E-state index is -1.70. The lowest BCUT2D eigenvalue weighted by atomic mass is 10.1. The van der Waals surface area contributed by atoms with E-state index in [9.17, 15) is 27.2 Å². The van der Waals surface area contributed by atoms with E-state index in [0.29, 0.717) is 22.1 Å². The molecule has 3 rings (SSSR count). The number of rotatable bonds is 9. The summed E-state index contributed by atoms with van der Waals surface area (Å²) in [4.78, 5) is 26.1. The van der Waals surface area contributed by atoms with Crippen LogP contribution in [0.15, 0.2) is 53.4 Å². The maximum atomic E-state index is 14.0. The van der Waals surface area contributed by atoms with Crippen molar-refractivity contribution >= 4 is 35.0 Å². The highest BCUT2D eigenvalue weighted by molar-refractivity contribution is 8.00. The molecule has 0 radical (unpaired) electrons. The van der Waals surface area contributed by atoms with Gasteiger partial charge in [0.15, 0.2) is 23.3 Å². The quantitative estimate of drug-likeness (QED) is 0.204. The Morgan fingerprint density at radius 1 is 0.889 bits per heavy atom. The Kier molecular flexibility index (Phi) is 8.81. The van der Waals surface area contributed by atoms with Gasteiger partial charge in [-0.25, -0.2) is 17.6 Å². The van der Waals surface area contributed by atoms with Gasteiger partial charge in [0.2, 0.25) is 5.91 Å². The van der Waals surface area contributed by atoms with Crippen molar-refractivity contribution in [3.63, 3.8) is 0 Å². The minimum Gasteiger partial charge on any atom is -0.496 e. The lowest BCUT2D eigenvalue weighted by Gasteiger charge is -2.17. The van der Waals surface area contributed by atoms with Gasteiger partial charge in [0.25, 0.3) is 5.91 Å². The average Bonchev–Trinajstić information content (AvgIpc) is 2.88. The Balaban J connectivity index is 1.77. The molecule has 36 heavy (non-hydrogen) atoms. The molecule has 1 atom stereocenters. The van der Waals surface area contributed by atoms with Gasteiger partial charge in [-0.1, -0.05) is 19.1 Å². The molecule has 0 fully saturated rings. The second-order valence-electron chi connectivity index (χ2n) is 7.37. The van der Waals surface area contributed by atoms with E-state index in [1.165, 1.54) is 14.2 Å². The van der Waals surface area contributed by atoms with E-state index in [-0.39, 0.29) is 18.1 Å². The van der Waals surface area contributed by atoms with E-state index < -0.39 is 46.0 Å². The smallest absolute Gasteiger partial charge is 0.263 e. The second kappa shape index (κ2) is 11.8. The van der Waals surface area contributed by atoms with Crippen LogP contribution in [0.5, 0.6) is 11.5 Å². The predicted octanol–water partition coefficient (Wildman–Crippen LogP) is 6.02. The van der Waals surface area contributed by atoms with Crippen molar-refractivity contribution in [3.05, 3.63) is 77.4 Å². The molecule has 190 valence electrons. The van der Waals surface area contributed by atoms with Crippen molar-refractivity contribution in [2.45, 2.75) is 23.5 Å². The summed E-state index contributed by atoms with van der Waals surface area (Å²) < 4.78 is 65.4. The van der Waals surface area contributed by atoms with E-state index in [1.807, 2.05) is 5.32 Å². The summed E-state index contributed by atoms with van der Waals surface area (Å²) in [7, 11) is 2.85. The molecule has 0 aliphatic rings. The largest absolute Gasteiger partial charge is 0.496 e. The van der Waals surface area contributed by atoms with Crippen LogP contribution in [0.25, 0.3) is 0 Å². The van der Waals surface area contributed by atoms with Gasteiger partial charge in [0, 0.05) is 16.6 Å². The number of amides is 2. The van der Waals surface area contributed by atoms with Gasteiger partial charge < -0.3 is 20.1 Å². The molecular formula is C25H22F4N2O4S. The lowest BCUT2D eigenvalue weighted by Crippen LogP contribution is -2.26. The normalized spacial score (nSPS) is 11.5. The maximum absolute atomic E-state index is 14.0. The van der Waals surface area contributed by atoms with Crippen molar-refractivity contribution in [2.24, 2.45) is 0 Å². The molecule has 2 N–H and O–H groups in total. The van der Waals surface area contributed by atoms with Gasteiger partial charge in [-0.3, -0.25) is 9.59 Å². The molecule has 0 aromatic heterocycles. The maximum Gasteiger partial charge on any atom is 0.263 e. The molecule has 0 spiro atoms. The fourth-order valence-corrected chi connectivity index (χ4v) is 4.30. The summed E-state index contributed by atoms with van der Waals surface area (Å²) in [5.41, 5.74) is -0.599. The van der Waals surface area contributed by atoms with Crippen LogP contribution in [0.2, 0.25) is 0 Å². The first-order chi connectivity index (χ1) is 17.2. The Labute approximate surface area is 209 Å². The highest BCUT2D eigenvalue weighted by atomic mass is 32.2. The fraction of sp³-hybridized carbons (Fsp3) is 0.200. The van der Waals surface area contributed by atoms with Crippen molar-refractivity contribution in [1.29, 1.82) is 0 Å². The van der Waals surface area contributed by atoms with E-state index >= 15 is 0 Å². The summed E-state index contributed by atoms with van der Waals surface area (Å²) in [6, 6.07) is 11.5. The Morgan fingerprint density at radius 2 is 1.47 bits per heavy atom. The van der Waals surface area contributed by atoms with Crippen LogP contribution in [0, 0.1) is 23.3 Å². The van der Waals surface area contributed by atoms with E-state index in [0.717, 1.165) is 11.8 Å². The molecule has 3 aromatic rings. The zero-order valence-electron chi connectivity index (χ0n) is 19.5. The lowest BCUT2D eigenvalue weighted by molar-refractivity contribution is -0.115. The van der Waals surface area contributed by atoms with Crippen molar-refractivity contribution < 1.29 is 36.6 Å². The Bertz CT molecular complexity index is 1240. The molecule has 0 heterocycles. The number of hydrogen-bond acceptors (Lipinski definition) is 5. The Morgan fingerprint density at radius 3 is 2.03 bits per heavy atom. The third-order valence-electron chi connectivity index (χ3n) is 5.05. The number of methoxy groups -OCH3 is 2. The summed E-state index contributed by atoms with van der Waals surface area (Å²) in [6.45, 7) is 1.66. The number of ether oxygens (including phenoxy) is 2. The highest BCUT2D eigenvalue weighted by Gasteiger charge is 2.25. The van der Waals surface area contributed by atoms with Crippen molar-refractivity contribution in [1.82, 2.24) is 0 Å². The molecule has 6 nitrogen and oxygen atoms in total. The highest BCUT2D eigenvalue weighted by Crippen LogP contribution is 2.32. The Hall–Kier alpha value is -3.73. The molecule has 0 bridgehead atoms. The fourth-order valence-electron chi connectivity index (χ4n) is 3.29. The SMILES string of the molecule is CCC(Sc1cccc(NC(=O)c2c(OC)cccc2OC)c1)C(=O)Nc1c(F)c(F)cc(F)c1F. The third-order valence-corrected chi connectivity index (χ3v) is 6.41. The molecule has 0 aliphatic heterocycles. The van der Waals surface area contributed by atoms with Crippen molar-refractivity contribution in [2.75, 3.05) is 24.9 Å². The van der Waals surface area contributed by atoms with Crippen LogP contribution < -0.4 is 20.1 Å².